The van der Waals surface area contributed by atoms with Gasteiger partial charge in [0.15, 0.2) is 11.6 Å². The van der Waals surface area contributed by atoms with E-state index in [2.05, 4.69) is 20.9 Å². The van der Waals surface area contributed by atoms with E-state index in [9.17, 15) is 13.2 Å². The first-order chi connectivity index (χ1) is 13.6. The summed E-state index contributed by atoms with van der Waals surface area (Å²) in [5.41, 5.74) is 6.88. The van der Waals surface area contributed by atoms with Crippen LogP contribution in [0.2, 0.25) is 5.02 Å². The molecule has 2 N–H and O–H groups in total. The molecular weight excluding hydrogens is 485 g/mol. The summed E-state index contributed by atoms with van der Waals surface area (Å²) in [4.78, 5) is 16.5. The first-order valence-corrected chi connectivity index (χ1v) is 11.8. The topological polar surface area (TPSA) is 95.0 Å². The summed E-state index contributed by atoms with van der Waals surface area (Å²) in [7, 11) is -3.22. The summed E-state index contributed by atoms with van der Waals surface area (Å²) in [5.74, 6) is -1.20. The zero-order valence-corrected chi connectivity index (χ0v) is 18.6. The number of rotatable bonds is 7. The van der Waals surface area contributed by atoms with E-state index in [0.29, 0.717) is 16.1 Å². The minimum atomic E-state index is -3.22. The fraction of sp³-hybridized carbons (Fsp3) is 0.263. The molecule has 0 spiro atoms. The minimum Gasteiger partial charge on any atom is -0.329 e. The molecule has 0 aliphatic heterocycles. The number of carbonyl (C=O) groups excluding carboxylic acids is 1. The van der Waals surface area contributed by atoms with Gasteiger partial charge in [0.05, 0.1) is 24.1 Å². The number of nitrogens with two attached hydrogens (primary N) is 1. The summed E-state index contributed by atoms with van der Waals surface area (Å²) in [6.45, 7) is -0.188. The molecule has 0 atom stereocenters. The fourth-order valence-corrected chi connectivity index (χ4v) is 4.30. The maximum atomic E-state index is 15.4. The first-order valence-electron chi connectivity index (χ1n) is 8.62. The largest absolute Gasteiger partial charge is 0.329 e. The van der Waals surface area contributed by atoms with Crippen LogP contribution in [0.1, 0.15) is 21.5 Å². The lowest BCUT2D eigenvalue weighted by Gasteiger charge is -2.13. The Morgan fingerprint density at radius 2 is 2.07 bits per heavy atom. The molecule has 2 aromatic carbocycles. The lowest BCUT2D eigenvalue weighted by molar-refractivity contribution is 0.1000. The zero-order valence-electron chi connectivity index (χ0n) is 15.5. The lowest BCUT2D eigenvalue weighted by atomic mass is 9.95. The molecule has 6 nitrogen and oxygen atoms in total. The molecule has 0 bridgehead atoms. The van der Waals surface area contributed by atoms with Crippen LogP contribution in [-0.2, 0) is 22.8 Å². The second kappa shape index (κ2) is 8.51. The van der Waals surface area contributed by atoms with Crippen LogP contribution < -0.4 is 5.73 Å². The predicted octanol–water partition coefficient (Wildman–Crippen LogP) is 3.37. The van der Waals surface area contributed by atoms with Gasteiger partial charge in [-0.3, -0.25) is 4.79 Å². The molecule has 0 amide bonds. The third-order valence-corrected chi connectivity index (χ3v) is 6.30. The maximum Gasteiger partial charge on any atom is 0.176 e. The van der Waals surface area contributed by atoms with Gasteiger partial charge in [-0.25, -0.2) is 17.8 Å². The van der Waals surface area contributed by atoms with Gasteiger partial charge in [-0.1, -0.05) is 33.6 Å². The third kappa shape index (κ3) is 4.85. The number of fused-ring (bicyclic) bond motifs is 1. The molecule has 1 heterocycles. The Kier molecular flexibility index (Phi) is 6.42. The van der Waals surface area contributed by atoms with Crippen molar-refractivity contribution in [3.8, 4) is 0 Å². The third-order valence-electron chi connectivity index (χ3n) is 4.53. The summed E-state index contributed by atoms with van der Waals surface area (Å²) < 4.78 is 40.6. The molecule has 0 aliphatic rings. The molecule has 10 heteroatoms. The van der Waals surface area contributed by atoms with E-state index in [4.69, 9.17) is 17.3 Å². The summed E-state index contributed by atoms with van der Waals surface area (Å²) in [6, 6.07) is 6.74. The number of nitrogens with zero attached hydrogens (tertiary/aromatic N) is 2. The molecule has 0 saturated heterocycles. The Bertz CT molecular complexity index is 1210. The highest BCUT2D eigenvalue weighted by molar-refractivity contribution is 9.10. The number of benzene rings is 2. The molecule has 29 heavy (non-hydrogen) atoms. The van der Waals surface area contributed by atoms with E-state index in [1.807, 2.05) is 0 Å². The van der Waals surface area contributed by atoms with Gasteiger partial charge in [0.2, 0.25) is 0 Å². The number of aromatic nitrogens is 2. The summed E-state index contributed by atoms with van der Waals surface area (Å²) in [5, 5.41) is 0.434. The van der Waals surface area contributed by atoms with Gasteiger partial charge >= 0.3 is 0 Å². The standard InChI is InChI=1S/C19H18BrClFN3O3S/c1-29(27,28)5-4-25-10-24-19-16(25)8-13(17(26)9-23)14(18(19)22)6-11-2-3-12(20)7-15(11)21/h2-3,7-8,10H,4-6,9,23H2,1H3. The van der Waals surface area contributed by atoms with Gasteiger partial charge in [0.25, 0.3) is 0 Å². The van der Waals surface area contributed by atoms with E-state index in [-0.39, 0.29) is 41.9 Å². The number of imidazole rings is 1. The molecule has 0 saturated carbocycles. The van der Waals surface area contributed by atoms with Crippen molar-refractivity contribution in [3.63, 3.8) is 0 Å². The average molecular weight is 503 g/mol. The van der Waals surface area contributed by atoms with Crippen LogP contribution in [-0.4, -0.2) is 42.3 Å². The number of halogens is 3. The van der Waals surface area contributed by atoms with Crippen molar-refractivity contribution in [2.24, 2.45) is 5.73 Å². The van der Waals surface area contributed by atoms with Crippen molar-refractivity contribution in [1.29, 1.82) is 0 Å². The summed E-state index contributed by atoms with van der Waals surface area (Å²) in [6.07, 6.45) is 2.58. The Morgan fingerprint density at radius 1 is 1.34 bits per heavy atom. The molecule has 0 aliphatic carbocycles. The van der Waals surface area contributed by atoms with Crippen LogP contribution >= 0.6 is 27.5 Å². The molecule has 0 unspecified atom stereocenters. The predicted molar refractivity (Wildman–Crippen MR) is 115 cm³/mol. The van der Waals surface area contributed by atoms with Crippen LogP contribution in [0.25, 0.3) is 11.0 Å². The number of carbonyl (C=O) groups is 1. The van der Waals surface area contributed by atoms with Crippen LogP contribution in [0.4, 0.5) is 4.39 Å². The normalized spacial score (nSPS) is 11.9. The number of sulfone groups is 1. The van der Waals surface area contributed by atoms with Crippen molar-refractivity contribution in [2.45, 2.75) is 13.0 Å². The highest BCUT2D eigenvalue weighted by Gasteiger charge is 2.22. The number of hydrogen-bond acceptors (Lipinski definition) is 5. The quantitative estimate of drug-likeness (QED) is 0.500. The van der Waals surface area contributed by atoms with E-state index in [1.54, 1.807) is 18.2 Å². The molecular formula is C19H18BrClFN3O3S. The SMILES string of the molecule is CS(=O)(=O)CCn1cnc2c(F)c(Cc3ccc(Br)cc3Cl)c(C(=O)CN)cc21. The Hall–Kier alpha value is -1.81. The van der Waals surface area contributed by atoms with Gasteiger partial charge in [0, 0.05) is 39.8 Å². The molecule has 3 aromatic rings. The highest BCUT2D eigenvalue weighted by Crippen LogP contribution is 2.30. The van der Waals surface area contributed by atoms with Gasteiger partial charge in [0.1, 0.15) is 15.4 Å². The van der Waals surface area contributed by atoms with E-state index in [1.165, 1.54) is 17.0 Å². The highest BCUT2D eigenvalue weighted by atomic mass is 79.9. The average Bonchev–Trinajstić information content (AvgIpc) is 3.06. The Balaban J connectivity index is 2.14. The smallest absolute Gasteiger partial charge is 0.176 e. The minimum absolute atomic E-state index is 0.0651. The summed E-state index contributed by atoms with van der Waals surface area (Å²) >= 11 is 9.59. The molecule has 154 valence electrons. The second-order valence-corrected chi connectivity index (χ2v) is 10.3. The van der Waals surface area contributed by atoms with Crippen LogP contribution in [0.15, 0.2) is 35.1 Å². The second-order valence-electron chi connectivity index (χ2n) is 6.69. The fourth-order valence-electron chi connectivity index (χ4n) is 3.03. The van der Waals surface area contributed by atoms with Crippen molar-refractivity contribution in [1.82, 2.24) is 9.55 Å². The van der Waals surface area contributed by atoms with Crippen molar-refractivity contribution in [2.75, 3.05) is 18.6 Å². The molecule has 0 fully saturated rings. The van der Waals surface area contributed by atoms with Crippen molar-refractivity contribution < 1.29 is 17.6 Å². The Labute approximate surface area is 180 Å². The van der Waals surface area contributed by atoms with E-state index < -0.39 is 21.4 Å². The van der Waals surface area contributed by atoms with Crippen molar-refractivity contribution in [3.05, 3.63) is 62.6 Å². The van der Waals surface area contributed by atoms with Crippen LogP contribution in [0.3, 0.4) is 0 Å². The molecule has 3 rings (SSSR count). The first kappa shape index (κ1) is 21.9. The Morgan fingerprint density at radius 3 is 2.69 bits per heavy atom. The van der Waals surface area contributed by atoms with Crippen molar-refractivity contribution >= 4 is 54.2 Å². The lowest BCUT2D eigenvalue weighted by Crippen LogP contribution is -2.17. The molecule has 0 radical (unpaired) electrons. The van der Waals surface area contributed by atoms with Crippen LogP contribution in [0, 0.1) is 5.82 Å². The van der Waals surface area contributed by atoms with Crippen LogP contribution in [0.5, 0.6) is 0 Å². The number of aryl methyl sites for hydroxylation is 1. The maximum absolute atomic E-state index is 15.4. The van der Waals surface area contributed by atoms with Gasteiger partial charge in [-0.15, -0.1) is 0 Å². The number of ketones is 1. The number of Topliss-reactive ketones (excluding diaryl/α,β-unsaturated/α-hetero) is 1. The van der Waals surface area contributed by atoms with E-state index >= 15 is 4.39 Å². The van der Waals surface area contributed by atoms with Gasteiger partial charge < -0.3 is 10.3 Å². The van der Waals surface area contributed by atoms with E-state index in [0.717, 1.165) is 10.7 Å². The van der Waals surface area contributed by atoms with Gasteiger partial charge in [-0.2, -0.15) is 0 Å². The number of hydrogen-bond donors (Lipinski definition) is 1. The zero-order chi connectivity index (χ0) is 21.3. The molecule has 1 aromatic heterocycles. The monoisotopic (exact) mass is 501 g/mol. The van der Waals surface area contributed by atoms with Gasteiger partial charge in [-0.05, 0) is 23.8 Å².